The third kappa shape index (κ3) is 1.74. The summed E-state index contributed by atoms with van der Waals surface area (Å²) in [7, 11) is 0. The minimum absolute atomic E-state index is 0.0754. The Kier molecular flexibility index (Phi) is 2.36. The molecule has 1 aromatic heterocycles. The van der Waals surface area contributed by atoms with Crippen LogP contribution in [0, 0.1) is 22.7 Å². The van der Waals surface area contributed by atoms with Crippen LogP contribution in [0.4, 0.5) is 0 Å². The first-order chi connectivity index (χ1) is 9.09. The highest BCUT2D eigenvalue weighted by molar-refractivity contribution is 5.15. The number of nitrogens with two attached hydrogens (primary N) is 1. The molecule has 4 aliphatic rings. The van der Waals surface area contributed by atoms with Gasteiger partial charge in [0.05, 0.1) is 11.7 Å². The van der Waals surface area contributed by atoms with E-state index in [4.69, 9.17) is 5.73 Å². The van der Waals surface area contributed by atoms with Crippen LogP contribution in [0.1, 0.15) is 57.2 Å². The summed E-state index contributed by atoms with van der Waals surface area (Å²) >= 11 is 0. The molecule has 0 aliphatic heterocycles. The molecule has 19 heavy (non-hydrogen) atoms. The highest BCUT2D eigenvalue weighted by Crippen LogP contribution is 2.67. The van der Waals surface area contributed by atoms with Gasteiger partial charge in [0, 0.05) is 18.6 Å². The van der Waals surface area contributed by atoms with E-state index in [1.807, 2.05) is 6.20 Å². The molecule has 0 saturated heterocycles. The largest absolute Gasteiger partial charge is 0.322 e. The van der Waals surface area contributed by atoms with E-state index < -0.39 is 0 Å². The van der Waals surface area contributed by atoms with Crippen molar-refractivity contribution in [2.24, 2.45) is 28.4 Å². The second-order valence-electron chi connectivity index (χ2n) is 7.74. The number of nitrogens with zero attached hydrogens (tertiary/aromatic N) is 2. The standard InChI is InChI=1S/C16H23N3/c1-15-5-11-4-12(6-15)8-16(7-11,10-15)14(17)13-9-18-2-3-19-13/h2-3,9,11-12,14H,4-8,10,17H2,1H3. The Bertz CT molecular complexity index is 470. The van der Waals surface area contributed by atoms with E-state index in [1.165, 1.54) is 38.5 Å². The Labute approximate surface area is 115 Å². The number of aromatic nitrogens is 2. The van der Waals surface area contributed by atoms with Crippen molar-refractivity contribution >= 4 is 0 Å². The summed E-state index contributed by atoms with van der Waals surface area (Å²) in [6.07, 6.45) is 13.6. The fourth-order valence-corrected chi connectivity index (χ4v) is 5.95. The highest BCUT2D eigenvalue weighted by Gasteiger charge is 2.58. The molecule has 0 aromatic carbocycles. The van der Waals surface area contributed by atoms with Crippen LogP contribution < -0.4 is 5.73 Å². The molecule has 3 atom stereocenters. The molecule has 0 spiro atoms. The van der Waals surface area contributed by atoms with Crippen molar-refractivity contribution in [3.63, 3.8) is 0 Å². The molecule has 4 fully saturated rings. The zero-order valence-electron chi connectivity index (χ0n) is 11.7. The van der Waals surface area contributed by atoms with E-state index in [-0.39, 0.29) is 6.04 Å². The maximum absolute atomic E-state index is 6.65. The lowest BCUT2D eigenvalue weighted by Crippen LogP contribution is -2.54. The van der Waals surface area contributed by atoms with Crippen LogP contribution in [0.15, 0.2) is 18.6 Å². The van der Waals surface area contributed by atoms with Crippen molar-refractivity contribution in [3.05, 3.63) is 24.3 Å². The summed E-state index contributed by atoms with van der Waals surface area (Å²) in [5.74, 6) is 1.82. The van der Waals surface area contributed by atoms with Gasteiger partial charge in [-0.2, -0.15) is 0 Å². The average molecular weight is 257 g/mol. The van der Waals surface area contributed by atoms with Crippen LogP contribution in [0.25, 0.3) is 0 Å². The van der Waals surface area contributed by atoms with Gasteiger partial charge in [-0.3, -0.25) is 9.97 Å². The summed E-state index contributed by atoms with van der Waals surface area (Å²) in [6.45, 7) is 2.49. The van der Waals surface area contributed by atoms with Crippen molar-refractivity contribution in [3.8, 4) is 0 Å². The molecule has 3 nitrogen and oxygen atoms in total. The highest BCUT2D eigenvalue weighted by atomic mass is 14.9. The third-order valence-electron chi connectivity index (χ3n) is 5.96. The summed E-state index contributed by atoms with van der Waals surface area (Å²) in [5, 5.41) is 0. The van der Waals surface area contributed by atoms with Crippen LogP contribution in [0.2, 0.25) is 0 Å². The van der Waals surface area contributed by atoms with Gasteiger partial charge in [-0.05, 0) is 61.2 Å². The van der Waals surface area contributed by atoms with E-state index in [9.17, 15) is 0 Å². The fraction of sp³-hybridized carbons (Fsp3) is 0.750. The number of hydrogen-bond acceptors (Lipinski definition) is 3. The molecule has 4 bridgehead atoms. The van der Waals surface area contributed by atoms with Gasteiger partial charge < -0.3 is 5.73 Å². The predicted octanol–water partition coefficient (Wildman–Crippen LogP) is 3.08. The number of hydrogen-bond donors (Lipinski definition) is 1. The molecule has 0 radical (unpaired) electrons. The fourth-order valence-electron chi connectivity index (χ4n) is 5.95. The maximum Gasteiger partial charge on any atom is 0.0759 e. The van der Waals surface area contributed by atoms with Crippen molar-refractivity contribution in [2.45, 2.75) is 51.5 Å². The van der Waals surface area contributed by atoms with Crippen LogP contribution >= 0.6 is 0 Å². The summed E-state index contributed by atoms with van der Waals surface area (Å²) in [4.78, 5) is 8.68. The molecule has 4 aliphatic carbocycles. The lowest BCUT2D eigenvalue weighted by atomic mass is 9.43. The zero-order chi connectivity index (χ0) is 13.1. The molecule has 0 amide bonds. The van der Waals surface area contributed by atoms with Gasteiger partial charge in [0.15, 0.2) is 0 Å². The molecular weight excluding hydrogens is 234 g/mol. The Morgan fingerprint density at radius 3 is 2.53 bits per heavy atom. The quantitative estimate of drug-likeness (QED) is 0.885. The van der Waals surface area contributed by atoms with E-state index in [2.05, 4.69) is 16.9 Å². The number of rotatable bonds is 2. The van der Waals surface area contributed by atoms with Crippen molar-refractivity contribution < 1.29 is 0 Å². The van der Waals surface area contributed by atoms with Crippen molar-refractivity contribution in [1.29, 1.82) is 0 Å². The monoisotopic (exact) mass is 257 g/mol. The van der Waals surface area contributed by atoms with Crippen molar-refractivity contribution in [1.82, 2.24) is 9.97 Å². The van der Waals surface area contributed by atoms with Gasteiger partial charge in [0.25, 0.3) is 0 Å². The van der Waals surface area contributed by atoms with Crippen LogP contribution in [0.5, 0.6) is 0 Å². The smallest absolute Gasteiger partial charge is 0.0759 e. The van der Waals surface area contributed by atoms with Gasteiger partial charge >= 0.3 is 0 Å². The predicted molar refractivity (Wildman–Crippen MR) is 74.2 cm³/mol. The molecule has 1 aromatic rings. The molecule has 3 unspecified atom stereocenters. The Morgan fingerprint density at radius 1 is 1.21 bits per heavy atom. The van der Waals surface area contributed by atoms with Crippen LogP contribution in [0.3, 0.4) is 0 Å². The average Bonchev–Trinajstić information content (AvgIpc) is 2.36. The second kappa shape index (κ2) is 3.78. The van der Waals surface area contributed by atoms with Gasteiger partial charge in [0.1, 0.15) is 0 Å². The first-order valence-electron chi connectivity index (χ1n) is 7.60. The molecule has 3 heteroatoms. The Morgan fingerprint density at radius 2 is 1.95 bits per heavy atom. The summed E-state index contributed by atoms with van der Waals surface area (Å²) in [5.41, 5.74) is 8.49. The van der Waals surface area contributed by atoms with Gasteiger partial charge in [-0.25, -0.2) is 0 Å². The van der Waals surface area contributed by atoms with E-state index in [1.54, 1.807) is 12.4 Å². The Hall–Kier alpha value is -0.960. The minimum atomic E-state index is 0.0754. The van der Waals surface area contributed by atoms with E-state index >= 15 is 0 Å². The van der Waals surface area contributed by atoms with Crippen LogP contribution in [-0.2, 0) is 0 Å². The summed E-state index contributed by atoms with van der Waals surface area (Å²) < 4.78 is 0. The molecule has 4 saturated carbocycles. The minimum Gasteiger partial charge on any atom is -0.322 e. The molecule has 1 heterocycles. The lowest BCUT2D eigenvalue weighted by molar-refractivity contribution is -0.114. The third-order valence-corrected chi connectivity index (χ3v) is 5.96. The van der Waals surface area contributed by atoms with Gasteiger partial charge in [0.2, 0.25) is 0 Å². The first kappa shape index (κ1) is 11.8. The second-order valence-corrected chi connectivity index (χ2v) is 7.74. The molecular formula is C16H23N3. The summed E-state index contributed by atoms with van der Waals surface area (Å²) in [6, 6.07) is 0.0754. The Balaban J connectivity index is 1.70. The molecule has 5 rings (SSSR count). The van der Waals surface area contributed by atoms with Crippen molar-refractivity contribution in [2.75, 3.05) is 0 Å². The van der Waals surface area contributed by atoms with Gasteiger partial charge in [-0.1, -0.05) is 6.92 Å². The van der Waals surface area contributed by atoms with Crippen LogP contribution in [-0.4, -0.2) is 9.97 Å². The molecule has 102 valence electrons. The molecule has 2 N–H and O–H groups in total. The topological polar surface area (TPSA) is 51.8 Å². The van der Waals surface area contributed by atoms with E-state index in [0.717, 1.165) is 17.5 Å². The maximum atomic E-state index is 6.65. The first-order valence-corrected chi connectivity index (χ1v) is 7.60. The van der Waals surface area contributed by atoms with E-state index in [0.29, 0.717) is 10.8 Å². The lowest BCUT2D eigenvalue weighted by Gasteiger charge is -2.63. The SMILES string of the molecule is CC12CC3CC(C1)CC(C(N)c1cnccn1)(C3)C2. The normalized spacial score (nSPS) is 45.4. The zero-order valence-corrected chi connectivity index (χ0v) is 11.7. The van der Waals surface area contributed by atoms with Gasteiger partial charge in [-0.15, -0.1) is 0 Å².